The molecule has 0 radical (unpaired) electrons. The van der Waals surface area contributed by atoms with E-state index in [4.69, 9.17) is 17.0 Å². The van der Waals surface area contributed by atoms with Gasteiger partial charge in [-0.25, -0.2) is 0 Å². The Labute approximate surface area is 110 Å². The molecular weight excluding hydrogens is 248 g/mol. The summed E-state index contributed by atoms with van der Waals surface area (Å²) in [5, 5.41) is 9.60. The molecule has 18 heavy (non-hydrogen) atoms. The summed E-state index contributed by atoms with van der Waals surface area (Å²) in [4.78, 5) is 4.12. The number of aromatic amines is 1. The van der Waals surface area contributed by atoms with E-state index in [0.29, 0.717) is 10.6 Å². The monoisotopic (exact) mass is 262 g/mol. The van der Waals surface area contributed by atoms with Crippen molar-refractivity contribution >= 4 is 23.7 Å². The molecule has 0 amide bonds. The number of para-hydroxylation sites is 2. The van der Waals surface area contributed by atoms with E-state index in [1.165, 1.54) is 0 Å². The Morgan fingerprint density at radius 2 is 2.11 bits per heavy atom. The molecule has 0 unspecified atom stereocenters. The second-order valence-electron chi connectivity index (χ2n) is 3.96. The van der Waals surface area contributed by atoms with E-state index in [9.17, 15) is 0 Å². The van der Waals surface area contributed by atoms with Gasteiger partial charge in [-0.2, -0.15) is 10.1 Å². The van der Waals surface area contributed by atoms with Crippen LogP contribution in [0.15, 0.2) is 30.5 Å². The molecule has 0 saturated heterocycles. The number of ether oxygens (including phenoxy) is 1. The molecule has 1 aromatic heterocycles. The zero-order valence-electron chi connectivity index (χ0n) is 10.2. The van der Waals surface area contributed by atoms with Crippen LogP contribution >= 0.6 is 12.2 Å². The first-order chi connectivity index (χ1) is 8.65. The summed E-state index contributed by atoms with van der Waals surface area (Å²) in [7, 11) is 0. The van der Waals surface area contributed by atoms with Crippen LogP contribution in [-0.2, 0) is 0 Å². The number of nitrogens with one attached hydrogen (secondary N) is 2. The summed E-state index contributed by atoms with van der Waals surface area (Å²) in [5.74, 6) is 1.35. The minimum absolute atomic E-state index is 0.109. The minimum atomic E-state index is 0.109. The van der Waals surface area contributed by atoms with Gasteiger partial charge in [-0.1, -0.05) is 12.1 Å². The highest BCUT2D eigenvalue weighted by molar-refractivity contribution is 7.71. The molecule has 94 valence electrons. The lowest BCUT2D eigenvalue weighted by Gasteiger charge is -2.14. The SMILES string of the molecule is CC(C)Oc1ccccc1Nc1cn[nH]c(=S)n1. The topological polar surface area (TPSA) is 62.8 Å². The van der Waals surface area contributed by atoms with Crippen LogP contribution < -0.4 is 10.1 Å². The number of benzene rings is 1. The zero-order chi connectivity index (χ0) is 13.0. The predicted molar refractivity (Wildman–Crippen MR) is 72.7 cm³/mol. The highest BCUT2D eigenvalue weighted by Crippen LogP contribution is 2.27. The summed E-state index contributed by atoms with van der Waals surface area (Å²) in [6, 6.07) is 7.66. The van der Waals surface area contributed by atoms with Gasteiger partial charge in [0, 0.05) is 0 Å². The van der Waals surface area contributed by atoms with Crippen molar-refractivity contribution in [2.45, 2.75) is 20.0 Å². The fourth-order valence-electron chi connectivity index (χ4n) is 1.44. The molecule has 0 aliphatic rings. The molecule has 1 heterocycles. The van der Waals surface area contributed by atoms with Gasteiger partial charge in [0.25, 0.3) is 0 Å². The molecule has 6 heteroatoms. The Morgan fingerprint density at radius 3 is 2.83 bits per heavy atom. The normalized spacial score (nSPS) is 10.4. The second-order valence-corrected chi connectivity index (χ2v) is 4.35. The van der Waals surface area contributed by atoms with Crippen LogP contribution in [0.25, 0.3) is 0 Å². The molecule has 5 nitrogen and oxygen atoms in total. The van der Waals surface area contributed by atoms with Crippen molar-refractivity contribution in [3.63, 3.8) is 0 Å². The Balaban J connectivity index is 2.26. The lowest BCUT2D eigenvalue weighted by atomic mass is 10.3. The van der Waals surface area contributed by atoms with Gasteiger partial charge >= 0.3 is 0 Å². The maximum absolute atomic E-state index is 5.70. The predicted octanol–water partition coefficient (Wildman–Crippen LogP) is 3.06. The fraction of sp³-hybridized carbons (Fsp3) is 0.250. The molecule has 2 aromatic rings. The van der Waals surface area contributed by atoms with Gasteiger partial charge in [0.2, 0.25) is 4.77 Å². The van der Waals surface area contributed by atoms with Crippen LogP contribution in [0.3, 0.4) is 0 Å². The average Bonchev–Trinajstić information content (AvgIpc) is 2.31. The molecule has 0 aliphatic carbocycles. The van der Waals surface area contributed by atoms with E-state index in [-0.39, 0.29) is 6.10 Å². The van der Waals surface area contributed by atoms with Gasteiger partial charge in [-0.15, -0.1) is 0 Å². The van der Waals surface area contributed by atoms with Crippen LogP contribution in [0.1, 0.15) is 13.8 Å². The smallest absolute Gasteiger partial charge is 0.215 e. The number of hydrogen-bond acceptors (Lipinski definition) is 5. The third-order valence-electron chi connectivity index (χ3n) is 2.08. The van der Waals surface area contributed by atoms with Crippen LogP contribution in [0.5, 0.6) is 5.75 Å². The van der Waals surface area contributed by atoms with Crippen molar-refractivity contribution in [3.05, 3.63) is 35.2 Å². The fourth-order valence-corrected chi connectivity index (χ4v) is 1.59. The van der Waals surface area contributed by atoms with Crippen molar-refractivity contribution in [2.24, 2.45) is 0 Å². The Bertz CT molecular complexity index is 582. The minimum Gasteiger partial charge on any atom is -0.489 e. The summed E-state index contributed by atoms with van der Waals surface area (Å²) in [6.45, 7) is 3.96. The lowest BCUT2D eigenvalue weighted by Crippen LogP contribution is -2.07. The van der Waals surface area contributed by atoms with E-state index >= 15 is 0 Å². The van der Waals surface area contributed by atoms with Gasteiger partial charge in [0.05, 0.1) is 18.0 Å². The highest BCUT2D eigenvalue weighted by atomic mass is 32.1. The molecule has 2 N–H and O–H groups in total. The number of rotatable bonds is 4. The van der Waals surface area contributed by atoms with Gasteiger partial charge < -0.3 is 10.1 Å². The highest BCUT2D eigenvalue weighted by Gasteiger charge is 2.05. The zero-order valence-corrected chi connectivity index (χ0v) is 11.0. The first-order valence-corrected chi connectivity index (χ1v) is 6.00. The number of anilines is 2. The number of H-pyrrole nitrogens is 1. The average molecular weight is 262 g/mol. The van der Waals surface area contributed by atoms with E-state index in [1.54, 1.807) is 6.20 Å². The molecule has 0 atom stereocenters. The van der Waals surface area contributed by atoms with Crippen LogP contribution in [0, 0.1) is 4.77 Å². The first-order valence-electron chi connectivity index (χ1n) is 5.59. The van der Waals surface area contributed by atoms with Gasteiger partial charge in [-0.3, -0.25) is 5.10 Å². The molecule has 0 aliphatic heterocycles. The van der Waals surface area contributed by atoms with Gasteiger partial charge in [-0.05, 0) is 38.2 Å². The molecule has 1 aromatic carbocycles. The maximum atomic E-state index is 5.70. The van der Waals surface area contributed by atoms with E-state index in [2.05, 4.69) is 20.5 Å². The van der Waals surface area contributed by atoms with E-state index < -0.39 is 0 Å². The second kappa shape index (κ2) is 5.59. The third kappa shape index (κ3) is 3.27. The lowest BCUT2D eigenvalue weighted by molar-refractivity contribution is 0.244. The Kier molecular flexibility index (Phi) is 3.88. The summed E-state index contributed by atoms with van der Waals surface area (Å²) < 4.78 is 6.04. The van der Waals surface area contributed by atoms with Crippen molar-refractivity contribution in [1.29, 1.82) is 0 Å². The van der Waals surface area contributed by atoms with Crippen molar-refractivity contribution in [2.75, 3.05) is 5.32 Å². The Morgan fingerprint density at radius 1 is 1.33 bits per heavy atom. The summed E-state index contributed by atoms with van der Waals surface area (Å²) in [5.41, 5.74) is 0.834. The first kappa shape index (κ1) is 12.5. The van der Waals surface area contributed by atoms with E-state index in [0.717, 1.165) is 11.4 Å². The van der Waals surface area contributed by atoms with Crippen molar-refractivity contribution < 1.29 is 4.74 Å². The summed E-state index contributed by atoms with van der Waals surface area (Å²) in [6.07, 6.45) is 1.68. The molecular formula is C12H14N4OS. The molecule has 0 spiro atoms. The van der Waals surface area contributed by atoms with Crippen LogP contribution in [0.4, 0.5) is 11.5 Å². The van der Waals surface area contributed by atoms with Crippen LogP contribution in [-0.4, -0.2) is 21.3 Å². The third-order valence-corrected chi connectivity index (χ3v) is 2.26. The quantitative estimate of drug-likeness (QED) is 0.829. The molecule has 0 fully saturated rings. The molecule has 0 bridgehead atoms. The largest absolute Gasteiger partial charge is 0.489 e. The number of aromatic nitrogens is 3. The Hall–Kier alpha value is -1.95. The maximum Gasteiger partial charge on any atom is 0.215 e. The standard InChI is InChI=1S/C12H14N4OS/c1-8(2)17-10-6-4-3-5-9(10)14-11-7-13-16-12(18)15-11/h3-8H,1-2H3,(H2,14,15,16,18). The number of hydrogen-bond donors (Lipinski definition) is 2. The van der Waals surface area contributed by atoms with Crippen molar-refractivity contribution in [1.82, 2.24) is 15.2 Å². The van der Waals surface area contributed by atoms with Gasteiger partial charge in [0.1, 0.15) is 5.75 Å². The van der Waals surface area contributed by atoms with E-state index in [1.807, 2.05) is 38.1 Å². The van der Waals surface area contributed by atoms with Crippen LogP contribution in [0.2, 0.25) is 0 Å². The number of nitrogens with zero attached hydrogens (tertiary/aromatic N) is 2. The molecule has 0 saturated carbocycles. The van der Waals surface area contributed by atoms with Gasteiger partial charge in [0.15, 0.2) is 5.82 Å². The molecule has 2 rings (SSSR count). The van der Waals surface area contributed by atoms with Crippen molar-refractivity contribution in [3.8, 4) is 5.75 Å². The summed E-state index contributed by atoms with van der Waals surface area (Å²) >= 11 is 4.92.